The van der Waals surface area contributed by atoms with Gasteiger partial charge in [0.25, 0.3) is 0 Å². The predicted molar refractivity (Wildman–Crippen MR) is 71.3 cm³/mol. The Kier molecular flexibility index (Phi) is 3.81. The quantitative estimate of drug-likeness (QED) is 0.839. The molecule has 1 aromatic heterocycles. The van der Waals surface area contributed by atoms with Crippen molar-refractivity contribution in [2.24, 2.45) is 5.73 Å². The molecule has 1 saturated heterocycles. The highest BCUT2D eigenvalue weighted by Gasteiger charge is 2.22. The monoisotopic (exact) mass is 248 g/mol. The second-order valence-corrected chi connectivity index (χ2v) is 4.80. The first-order chi connectivity index (χ1) is 8.59. The number of likely N-dealkylation sites (N-methyl/N-ethyl adjacent to an activating group) is 1. The van der Waals surface area contributed by atoms with E-state index in [-0.39, 0.29) is 11.9 Å². The van der Waals surface area contributed by atoms with Crippen molar-refractivity contribution in [3.05, 3.63) is 23.9 Å². The number of nitrogens with two attached hydrogens (primary N) is 1. The lowest BCUT2D eigenvalue weighted by molar-refractivity contribution is -0.127. The molecule has 18 heavy (non-hydrogen) atoms. The van der Waals surface area contributed by atoms with Gasteiger partial charge in [-0.15, -0.1) is 0 Å². The number of carbonyl (C=O) groups excluding carboxylic acids is 1. The maximum absolute atomic E-state index is 11.9. The summed E-state index contributed by atoms with van der Waals surface area (Å²) >= 11 is 0. The molecular formula is C13H20N4O. The number of hydrogen-bond acceptors (Lipinski definition) is 4. The molecule has 0 saturated carbocycles. The lowest BCUT2D eigenvalue weighted by atomic mass is 10.1. The standard InChI is InChI=1S/C13H20N4O/c1-10(14)11-5-3-6-15-13(11)17-8-4-7-16(2)12(18)9-17/h3,5-6,10H,4,7-9,14H2,1-2H3/t10-/m1/s1. The van der Waals surface area contributed by atoms with Crippen LogP contribution < -0.4 is 10.6 Å². The van der Waals surface area contributed by atoms with E-state index in [0.29, 0.717) is 6.54 Å². The Morgan fingerprint density at radius 1 is 1.44 bits per heavy atom. The van der Waals surface area contributed by atoms with Crippen LogP contribution in [0, 0.1) is 0 Å². The van der Waals surface area contributed by atoms with Crippen LogP contribution in [-0.4, -0.2) is 42.5 Å². The number of pyridine rings is 1. The van der Waals surface area contributed by atoms with E-state index in [0.717, 1.165) is 30.9 Å². The summed E-state index contributed by atoms with van der Waals surface area (Å²) in [5, 5.41) is 0. The van der Waals surface area contributed by atoms with Crippen molar-refractivity contribution < 1.29 is 4.79 Å². The Hall–Kier alpha value is -1.62. The van der Waals surface area contributed by atoms with Gasteiger partial charge in [-0.3, -0.25) is 4.79 Å². The van der Waals surface area contributed by atoms with Gasteiger partial charge in [-0.1, -0.05) is 6.07 Å². The summed E-state index contributed by atoms with van der Waals surface area (Å²) < 4.78 is 0. The molecule has 0 bridgehead atoms. The van der Waals surface area contributed by atoms with Gasteiger partial charge >= 0.3 is 0 Å². The molecule has 2 N–H and O–H groups in total. The van der Waals surface area contributed by atoms with Crippen molar-refractivity contribution >= 4 is 11.7 Å². The molecule has 98 valence electrons. The van der Waals surface area contributed by atoms with Crippen LogP contribution in [0.25, 0.3) is 0 Å². The molecule has 1 aliphatic heterocycles. The van der Waals surface area contributed by atoms with Crippen LogP contribution >= 0.6 is 0 Å². The van der Waals surface area contributed by atoms with Gasteiger partial charge in [-0.2, -0.15) is 0 Å². The molecule has 0 radical (unpaired) electrons. The largest absolute Gasteiger partial charge is 0.347 e. The molecule has 0 aliphatic carbocycles. The van der Waals surface area contributed by atoms with Gasteiger partial charge < -0.3 is 15.5 Å². The molecule has 0 spiro atoms. The van der Waals surface area contributed by atoms with Gasteiger partial charge in [0.05, 0.1) is 6.54 Å². The summed E-state index contributed by atoms with van der Waals surface area (Å²) in [4.78, 5) is 20.1. The van der Waals surface area contributed by atoms with Crippen LogP contribution in [0.4, 0.5) is 5.82 Å². The van der Waals surface area contributed by atoms with Crippen LogP contribution in [0.2, 0.25) is 0 Å². The molecule has 2 heterocycles. The molecule has 5 heteroatoms. The van der Waals surface area contributed by atoms with Gasteiger partial charge in [0.15, 0.2) is 0 Å². The number of nitrogens with zero attached hydrogens (tertiary/aromatic N) is 3. The van der Waals surface area contributed by atoms with Crippen molar-refractivity contribution in [1.29, 1.82) is 0 Å². The van der Waals surface area contributed by atoms with Crippen LogP contribution in [0.15, 0.2) is 18.3 Å². The Balaban J connectivity index is 2.28. The fourth-order valence-electron chi connectivity index (χ4n) is 2.20. The lowest BCUT2D eigenvalue weighted by Crippen LogP contribution is -2.35. The number of carbonyl (C=O) groups is 1. The molecule has 0 unspecified atom stereocenters. The lowest BCUT2D eigenvalue weighted by Gasteiger charge is -2.24. The Labute approximate surface area is 108 Å². The van der Waals surface area contributed by atoms with E-state index in [1.54, 1.807) is 11.1 Å². The summed E-state index contributed by atoms with van der Waals surface area (Å²) in [5.74, 6) is 0.977. The average molecular weight is 248 g/mol. The fourth-order valence-corrected chi connectivity index (χ4v) is 2.20. The highest BCUT2D eigenvalue weighted by molar-refractivity contribution is 5.81. The average Bonchev–Trinajstić information content (AvgIpc) is 2.52. The molecule has 0 aromatic carbocycles. The zero-order valence-corrected chi connectivity index (χ0v) is 11.0. The summed E-state index contributed by atoms with van der Waals surface area (Å²) in [6.45, 7) is 3.96. The molecule has 1 aromatic rings. The van der Waals surface area contributed by atoms with E-state index >= 15 is 0 Å². The molecule has 1 aliphatic rings. The minimum atomic E-state index is -0.0789. The Morgan fingerprint density at radius 2 is 2.22 bits per heavy atom. The summed E-state index contributed by atoms with van der Waals surface area (Å²) in [6.07, 6.45) is 2.71. The third kappa shape index (κ3) is 2.61. The predicted octanol–water partition coefficient (Wildman–Crippen LogP) is 0.770. The Bertz CT molecular complexity index is 433. The maximum atomic E-state index is 11.9. The van der Waals surface area contributed by atoms with E-state index in [1.165, 1.54) is 0 Å². The molecule has 2 rings (SSSR count). The van der Waals surface area contributed by atoms with Crippen LogP contribution in [0.3, 0.4) is 0 Å². The first-order valence-electron chi connectivity index (χ1n) is 6.29. The second kappa shape index (κ2) is 5.35. The van der Waals surface area contributed by atoms with E-state index in [4.69, 9.17) is 5.73 Å². The summed E-state index contributed by atoms with van der Waals surface area (Å²) in [7, 11) is 1.84. The zero-order chi connectivity index (χ0) is 13.1. The minimum Gasteiger partial charge on any atom is -0.347 e. The SMILES string of the molecule is C[C@@H](N)c1cccnc1N1CCCN(C)C(=O)C1. The highest BCUT2D eigenvalue weighted by atomic mass is 16.2. The number of rotatable bonds is 2. The van der Waals surface area contributed by atoms with Crippen LogP contribution in [0.1, 0.15) is 24.9 Å². The van der Waals surface area contributed by atoms with Crippen molar-refractivity contribution in [1.82, 2.24) is 9.88 Å². The topological polar surface area (TPSA) is 62.5 Å². The summed E-state index contributed by atoms with van der Waals surface area (Å²) in [6, 6.07) is 3.78. The molecule has 1 amide bonds. The van der Waals surface area contributed by atoms with Gasteiger partial charge in [0.1, 0.15) is 5.82 Å². The van der Waals surface area contributed by atoms with Crippen molar-refractivity contribution in [3.8, 4) is 0 Å². The van der Waals surface area contributed by atoms with E-state index in [1.807, 2.05) is 31.0 Å². The van der Waals surface area contributed by atoms with Gasteiger partial charge in [-0.05, 0) is 19.4 Å². The van der Waals surface area contributed by atoms with E-state index < -0.39 is 0 Å². The summed E-state index contributed by atoms with van der Waals surface area (Å²) in [5.41, 5.74) is 6.96. The minimum absolute atomic E-state index is 0.0789. The fraction of sp³-hybridized carbons (Fsp3) is 0.538. The normalized spacial score (nSPS) is 18.7. The third-order valence-electron chi connectivity index (χ3n) is 3.28. The number of hydrogen-bond donors (Lipinski definition) is 1. The maximum Gasteiger partial charge on any atom is 0.241 e. The molecule has 1 fully saturated rings. The second-order valence-electron chi connectivity index (χ2n) is 4.80. The first-order valence-corrected chi connectivity index (χ1v) is 6.29. The van der Waals surface area contributed by atoms with Crippen LogP contribution in [0.5, 0.6) is 0 Å². The third-order valence-corrected chi connectivity index (χ3v) is 3.28. The van der Waals surface area contributed by atoms with E-state index in [9.17, 15) is 4.79 Å². The van der Waals surface area contributed by atoms with Gasteiger partial charge in [-0.25, -0.2) is 4.98 Å². The number of anilines is 1. The van der Waals surface area contributed by atoms with Crippen molar-refractivity contribution in [2.45, 2.75) is 19.4 Å². The molecule has 1 atom stereocenters. The number of amides is 1. The van der Waals surface area contributed by atoms with Gasteiger partial charge in [0, 0.05) is 37.9 Å². The van der Waals surface area contributed by atoms with Crippen LogP contribution in [-0.2, 0) is 4.79 Å². The van der Waals surface area contributed by atoms with Crippen molar-refractivity contribution in [3.63, 3.8) is 0 Å². The van der Waals surface area contributed by atoms with E-state index in [2.05, 4.69) is 4.98 Å². The first kappa shape index (κ1) is 12.8. The number of aromatic nitrogens is 1. The Morgan fingerprint density at radius 3 is 2.94 bits per heavy atom. The zero-order valence-electron chi connectivity index (χ0n) is 11.0. The smallest absolute Gasteiger partial charge is 0.241 e. The molecule has 5 nitrogen and oxygen atoms in total. The van der Waals surface area contributed by atoms with Gasteiger partial charge in [0.2, 0.25) is 5.91 Å². The van der Waals surface area contributed by atoms with Crippen molar-refractivity contribution in [2.75, 3.05) is 31.6 Å². The highest BCUT2D eigenvalue weighted by Crippen LogP contribution is 2.23. The molecular weight excluding hydrogens is 228 g/mol.